The summed E-state index contributed by atoms with van der Waals surface area (Å²) in [7, 11) is 0. The number of aryl methyl sites for hydroxylation is 1. The summed E-state index contributed by atoms with van der Waals surface area (Å²) in [6.45, 7) is 5.72. The molecule has 0 unspecified atom stereocenters. The SMILES string of the molecule is C=CC(=Nc1ccccc1C)c1ccc(F)nc1. The number of aliphatic imine (C=N–C) groups is 1. The fourth-order valence-corrected chi connectivity index (χ4v) is 1.57. The molecule has 1 heterocycles. The molecule has 0 aliphatic heterocycles. The summed E-state index contributed by atoms with van der Waals surface area (Å²) in [6, 6.07) is 10.8. The molecule has 0 aliphatic rings. The quantitative estimate of drug-likeness (QED) is 0.591. The molecule has 0 atom stereocenters. The fourth-order valence-electron chi connectivity index (χ4n) is 1.57. The fraction of sp³-hybridized carbons (Fsp3) is 0.0667. The molecule has 0 fully saturated rings. The maximum Gasteiger partial charge on any atom is 0.212 e. The zero-order valence-electron chi connectivity index (χ0n) is 10.1. The number of aromatic nitrogens is 1. The average molecular weight is 240 g/mol. The second-order valence-corrected chi connectivity index (χ2v) is 3.86. The Bertz CT molecular complexity index is 586. The van der Waals surface area contributed by atoms with Crippen molar-refractivity contribution in [1.29, 1.82) is 0 Å². The second-order valence-electron chi connectivity index (χ2n) is 3.86. The summed E-state index contributed by atoms with van der Waals surface area (Å²) in [5.74, 6) is -0.502. The van der Waals surface area contributed by atoms with Crippen LogP contribution in [0.3, 0.4) is 0 Å². The molecule has 0 bridgehead atoms. The van der Waals surface area contributed by atoms with Crippen LogP contribution < -0.4 is 0 Å². The number of pyridine rings is 1. The Morgan fingerprint density at radius 1 is 1.28 bits per heavy atom. The number of halogens is 1. The van der Waals surface area contributed by atoms with E-state index < -0.39 is 5.95 Å². The van der Waals surface area contributed by atoms with Crippen LogP contribution >= 0.6 is 0 Å². The third-order valence-electron chi connectivity index (χ3n) is 2.57. The summed E-state index contributed by atoms with van der Waals surface area (Å²) in [5.41, 5.74) is 3.37. The van der Waals surface area contributed by atoms with Gasteiger partial charge in [-0.3, -0.25) is 0 Å². The molecule has 0 N–H and O–H groups in total. The van der Waals surface area contributed by atoms with Gasteiger partial charge in [-0.2, -0.15) is 4.39 Å². The minimum absolute atomic E-state index is 0.502. The molecule has 0 amide bonds. The standard InChI is InChI=1S/C15H13FN2/c1-3-13(12-8-9-15(16)17-10-12)18-14-7-5-4-6-11(14)2/h3-10H,1H2,2H3. The predicted octanol–water partition coefficient (Wildman–Crippen LogP) is 3.84. The van der Waals surface area contributed by atoms with Crippen molar-refractivity contribution in [3.05, 3.63) is 72.3 Å². The molecule has 1 aromatic carbocycles. The zero-order valence-corrected chi connectivity index (χ0v) is 10.1. The Hall–Kier alpha value is -2.29. The van der Waals surface area contributed by atoms with Gasteiger partial charge in [-0.25, -0.2) is 9.98 Å². The first-order chi connectivity index (χ1) is 8.70. The first-order valence-electron chi connectivity index (χ1n) is 5.59. The van der Waals surface area contributed by atoms with Gasteiger partial charge >= 0.3 is 0 Å². The van der Waals surface area contributed by atoms with Crippen LogP contribution in [-0.2, 0) is 0 Å². The molecule has 0 saturated carbocycles. The van der Waals surface area contributed by atoms with Gasteiger partial charge in [0.05, 0.1) is 11.4 Å². The molecule has 0 saturated heterocycles. The third kappa shape index (κ3) is 2.69. The van der Waals surface area contributed by atoms with Crippen molar-refractivity contribution in [2.75, 3.05) is 0 Å². The molecule has 3 heteroatoms. The molecule has 2 nitrogen and oxygen atoms in total. The summed E-state index contributed by atoms with van der Waals surface area (Å²) >= 11 is 0. The van der Waals surface area contributed by atoms with E-state index in [-0.39, 0.29) is 0 Å². The lowest BCUT2D eigenvalue weighted by molar-refractivity contribution is 0.583. The number of allylic oxidation sites excluding steroid dienone is 1. The minimum Gasteiger partial charge on any atom is -0.248 e. The lowest BCUT2D eigenvalue weighted by atomic mass is 10.1. The van der Waals surface area contributed by atoms with E-state index in [0.717, 1.165) is 16.8 Å². The molecule has 1 aromatic heterocycles. The highest BCUT2D eigenvalue weighted by Crippen LogP contribution is 2.19. The van der Waals surface area contributed by atoms with Crippen molar-refractivity contribution in [3.63, 3.8) is 0 Å². The maximum absolute atomic E-state index is 12.8. The van der Waals surface area contributed by atoms with Crippen LogP contribution in [0.25, 0.3) is 0 Å². The zero-order chi connectivity index (χ0) is 13.0. The number of benzene rings is 1. The van der Waals surface area contributed by atoms with Crippen molar-refractivity contribution in [3.8, 4) is 0 Å². The van der Waals surface area contributed by atoms with Crippen molar-refractivity contribution in [1.82, 2.24) is 4.98 Å². The molecule has 2 aromatic rings. The van der Waals surface area contributed by atoms with Gasteiger partial charge in [-0.05, 0) is 36.8 Å². The predicted molar refractivity (Wildman–Crippen MR) is 71.8 cm³/mol. The molecular weight excluding hydrogens is 227 g/mol. The van der Waals surface area contributed by atoms with Crippen LogP contribution in [0.2, 0.25) is 0 Å². The Labute approximate surface area is 106 Å². The van der Waals surface area contributed by atoms with Crippen LogP contribution in [0.4, 0.5) is 10.1 Å². The van der Waals surface area contributed by atoms with Crippen LogP contribution in [0.5, 0.6) is 0 Å². The second kappa shape index (κ2) is 5.36. The molecule has 90 valence electrons. The molecule has 0 spiro atoms. The van der Waals surface area contributed by atoms with Gasteiger partial charge in [0.2, 0.25) is 5.95 Å². The van der Waals surface area contributed by atoms with Gasteiger partial charge in [0, 0.05) is 11.8 Å². The highest BCUT2D eigenvalue weighted by molar-refractivity contribution is 6.09. The van der Waals surface area contributed by atoms with Crippen molar-refractivity contribution < 1.29 is 4.39 Å². The van der Waals surface area contributed by atoms with Crippen molar-refractivity contribution >= 4 is 11.4 Å². The van der Waals surface area contributed by atoms with E-state index >= 15 is 0 Å². The third-order valence-corrected chi connectivity index (χ3v) is 2.57. The van der Waals surface area contributed by atoms with Gasteiger partial charge in [0.1, 0.15) is 0 Å². The van der Waals surface area contributed by atoms with Crippen LogP contribution in [0.15, 0.2) is 60.2 Å². The lowest BCUT2D eigenvalue weighted by Crippen LogP contribution is -1.97. The summed E-state index contributed by atoms with van der Waals surface area (Å²) < 4.78 is 12.8. The van der Waals surface area contributed by atoms with Crippen LogP contribution in [0, 0.1) is 12.9 Å². The monoisotopic (exact) mass is 240 g/mol. The van der Waals surface area contributed by atoms with E-state index in [1.807, 2.05) is 31.2 Å². The lowest BCUT2D eigenvalue weighted by Gasteiger charge is -2.03. The van der Waals surface area contributed by atoms with Gasteiger partial charge in [0.25, 0.3) is 0 Å². The highest BCUT2D eigenvalue weighted by Gasteiger charge is 2.02. The number of rotatable bonds is 3. The summed E-state index contributed by atoms with van der Waals surface area (Å²) in [6.07, 6.45) is 3.09. The number of hydrogen-bond acceptors (Lipinski definition) is 2. The number of hydrogen-bond donors (Lipinski definition) is 0. The normalized spacial score (nSPS) is 11.3. The highest BCUT2D eigenvalue weighted by atomic mass is 19.1. The number of para-hydroxylation sites is 1. The first-order valence-corrected chi connectivity index (χ1v) is 5.59. The average Bonchev–Trinajstić information content (AvgIpc) is 2.39. The Morgan fingerprint density at radius 2 is 2.06 bits per heavy atom. The Balaban J connectivity index is 2.43. The van der Waals surface area contributed by atoms with Crippen LogP contribution in [0.1, 0.15) is 11.1 Å². The smallest absolute Gasteiger partial charge is 0.212 e. The minimum atomic E-state index is -0.502. The topological polar surface area (TPSA) is 25.2 Å². The van der Waals surface area contributed by atoms with E-state index in [2.05, 4.69) is 16.6 Å². The largest absolute Gasteiger partial charge is 0.248 e. The van der Waals surface area contributed by atoms with E-state index in [0.29, 0.717) is 5.71 Å². The molecule has 0 radical (unpaired) electrons. The van der Waals surface area contributed by atoms with Crippen LogP contribution in [-0.4, -0.2) is 10.7 Å². The summed E-state index contributed by atoms with van der Waals surface area (Å²) in [4.78, 5) is 8.13. The van der Waals surface area contributed by atoms with Crippen molar-refractivity contribution in [2.24, 2.45) is 4.99 Å². The molecule has 18 heavy (non-hydrogen) atoms. The Morgan fingerprint density at radius 3 is 2.67 bits per heavy atom. The maximum atomic E-state index is 12.8. The van der Waals surface area contributed by atoms with Gasteiger partial charge < -0.3 is 0 Å². The van der Waals surface area contributed by atoms with Crippen molar-refractivity contribution in [2.45, 2.75) is 6.92 Å². The summed E-state index contributed by atoms with van der Waals surface area (Å²) in [5, 5.41) is 0. The van der Waals surface area contributed by atoms with Gasteiger partial charge in [-0.15, -0.1) is 0 Å². The van der Waals surface area contributed by atoms with E-state index in [1.165, 1.54) is 12.3 Å². The van der Waals surface area contributed by atoms with E-state index in [4.69, 9.17) is 0 Å². The van der Waals surface area contributed by atoms with Gasteiger partial charge in [0.15, 0.2) is 0 Å². The molecule has 2 rings (SSSR count). The Kier molecular flexibility index (Phi) is 3.63. The first kappa shape index (κ1) is 12.2. The molecule has 0 aliphatic carbocycles. The van der Waals surface area contributed by atoms with Gasteiger partial charge in [-0.1, -0.05) is 24.8 Å². The van der Waals surface area contributed by atoms with E-state index in [9.17, 15) is 4.39 Å². The number of nitrogens with zero attached hydrogens (tertiary/aromatic N) is 2. The molecular formula is C15H13FN2. The van der Waals surface area contributed by atoms with E-state index in [1.54, 1.807) is 12.1 Å².